The summed E-state index contributed by atoms with van der Waals surface area (Å²) < 4.78 is 10.4. The zero-order valence-electron chi connectivity index (χ0n) is 10.9. The highest BCUT2D eigenvalue weighted by Gasteiger charge is 2.19. The van der Waals surface area contributed by atoms with E-state index in [9.17, 15) is 9.59 Å². The molecule has 0 N–H and O–H groups in total. The largest absolute Gasteiger partial charge is 0.479 e. The molecule has 0 spiro atoms. The average molecular weight is 250 g/mol. The summed E-state index contributed by atoms with van der Waals surface area (Å²) in [7, 11) is 0. The van der Waals surface area contributed by atoms with Crippen LogP contribution < -0.4 is 4.74 Å². The number of rotatable bonds is 6. The molecule has 0 saturated heterocycles. The van der Waals surface area contributed by atoms with Crippen LogP contribution in [0, 0.1) is 0 Å². The zero-order chi connectivity index (χ0) is 13.5. The summed E-state index contributed by atoms with van der Waals surface area (Å²) in [5.41, 5.74) is 0.617. The highest BCUT2D eigenvalue weighted by molar-refractivity contribution is 5.94. The first-order valence-electron chi connectivity index (χ1n) is 6.02. The fraction of sp³-hybridized carbons (Fsp3) is 0.429. The minimum Gasteiger partial charge on any atom is -0.479 e. The Bertz CT molecular complexity index is 408. The first kappa shape index (κ1) is 14.2. The van der Waals surface area contributed by atoms with Crippen molar-refractivity contribution in [1.82, 2.24) is 0 Å². The Balaban J connectivity index is 2.70. The van der Waals surface area contributed by atoms with Gasteiger partial charge >= 0.3 is 5.97 Å². The molecule has 18 heavy (non-hydrogen) atoms. The number of ketones is 1. The Hall–Kier alpha value is -1.84. The van der Waals surface area contributed by atoms with Gasteiger partial charge in [-0.1, -0.05) is 6.92 Å². The molecule has 1 rings (SSSR count). The van der Waals surface area contributed by atoms with Crippen LogP contribution in [0.4, 0.5) is 0 Å². The molecule has 4 heteroatoms. The van der Waals surface area contributed by atoms with Crippen LogP contribution in [0.5, 0.6) is 5.75 Å². The minimum atomic E-state index is -0.604. The molecule has 0 bridgehead atoms. The number of Topliss-reactive ketones (excluding diaryl/α,β-unsaturated/α-hetero) is 1. The van der Waals surface area contributed by atoms with Crippen molar-refractivity contribution >= 4 is 11.8 Å². The van der Waals surface area contributed by atoms with Crippen LogP contribution in [0.3, 0.4) is 0 Å². The van der Waals surface area contributed by atoms with Gasteiger partial charge in [-0.2, -0.15) is 0 Å². The van der Waals surface area contributed by atoms with Crippen LogP contribution in [0.2, 0.25) is 0 Å². The predicted molar refractivity (Wildman–Crippen MR) is 67.8 cm³/mol. The molecule has 0 aliphatic heterocycles. The number of carbonyl (C=O) groups excluding carboxylic acids is 2. The summed E-state index contributed by atoms with van der Waals surface area (Å²) >= 11 is 0. The monoisotopic (exact) mass is 250 g/mol. The summed E-state index contributed by atoms with van der Waals surface area (Å²) in [4.78, 5) is 22.7. The van der Waals surface area contributed by atoms with E-state index in [0.29, 0.717) is 24.3 Å². The Morgan fingerprint density at radius 1 is 1.17 bits per heavy atom. The molecule has 0 aliphatic rings. The maximum Gasteiger partial charge on any atom is 0.347 e. The molecule has 0 heterocycles. The molecule has 0 radical (unpaired) electrons. The molecule has 4 nitrogen and oxygen atoms in total. The van der Waals surface area contributed by atoms with Crippen molar-refractivity contribution < 1.29 is 19.1 Å². The zero-order valence-corrected chi connectivity index (χ0v) is 10.9. The molecule has 1 unspecified atom stereocenters. The van der Waals surface area contributed by atoms with Crippen molar-refractivity contribution in [2.24, 2.45) is 0 Å². The van der Waals surface area contributed by atoms with Crippen molar-refractivity contribution in [3.63, 3.8) is 0 Å². The lowest BCUT2D eigenvalue weighted by atomic mass is 10.1. The van der Waals surface area contributed by atoms with E-state index in [0.717, 1.165) is 0 Å². The van der Waals surface area contributed by atoms with Crippen LogP contribution in [-0.4, -0.2) is 24.5 Å². The summed E-state index contributed by atoms with van der Waals surface area (Å²) in [6.07, 6.45) is -0.0686. The predicted octanol–water partition coefficient (Wildman–Crippen LogP) is 2.61. The van der Waals surface area contributed by atoms with Gasteiger partial charge in [-0.15, -0.1) is 0 Å². The van der Waals surface area contributed by atoms with E-state index in [4.69, 9.17) is 9.47 Å². The van der Waals surface area contributed by atoms with Crippen molar-refractivity contribution in [3.05, 3.63) is 29.8 Å². The van der Waals surface area contributed by atoms with Crippen LogP contribution in [0.25, 0.3) is 0 Å². The molecule has 1 atom stereocenters. The first-order valence-corrected chi connectivity index (χ1v) is 6.02. The Morgan fingerprint density at radius 3 is 2.22 bits per heavy atom. The maximum absolute atomic E-state index is 11.6. The smallest absolute Gasteiger partial charge is 0.347 e. The van der Waals surface area contributed by atoms with Gasteiger partial charge < -0.3 is 9.47 Å². The number of carbonyl (C=O) groups is 2. The van der Waals surface area contributed by atoms with Gasteiger partial charge in [0, 0.05) is 5.56 Å². The van der Waals surface area contributed by atoms with Crippen molar-refractivity contribution in [1.29, 1.82) is 0 Å². The van der Waals surface area contributed by atoms with Crippen LogP contribution in [0.1, 0.15) is 37.6 Å². The van der Waals surface area contributed by atoms with E-state index in [-0.39, 0.29) is 11.8 Å². The Labute approximate surface area is 107 Å². The van der Waals surface area contributed by atoms with E-state index in [2.05, 4.69) is 0 Å². The SMILES string of the molecule is CCOC(=O)C(CC)Oc1ccc(C(C)=O)cc1. The summed E-state index contributed by atoms with van der Waals surface area (Å²) in [6, 6.07) is 6.71. The first-order chi connectivity index (χ1) is 8.58. The van der Waals surface area contributed by atoms with Gasteiger partial charge in [-0.3, -0.25) is 4.79 Å². The minimum absolute atomic E-state index is 0.000941. The van der Waals surface area contributed by atoms with E-state index in [1.165, 1.54) is 6.92 Å². The summed E-state index contributed by atoms with van der Waals surface area (Å²) in [6.45, 7) is 5.45. The number of esters is 1. The molecule has 0 aromatic heterocycles. The quantitative estimate of drug-likeness (QED) is 0.575. The van der Waals surface area contributed by atoms with Crippen molar-refractivity contribution in [2.75, 3.05) is 6.61 Å². The van der Waals surface area contributed by atoms with Gasteiger partial charge in [0.05, 0.1) is 6.61 Å². The van der Waals surface area contributed by atoms with Crippen LogP contribution >= 0.6 is 0 Å². The third-order valence-electron chi connectivity index (χ3n) is 2.46. The number of benzene rings is 1. The van der Waals surface area contributed by atoms with Gasteiger partial charge in [0.25, 0.3) is 0 Å². The Kier molecular flexibility index (Phi) is 5.36. The van der Waals surface area contributed by atoms with Crippen LogP contribution in [-0.2, 0) is 9.53 Å². The number of hydrogen-bond acceptors (Lipinski definition) is 4. The fourth-order valence-electron chi connectivity index (χ4n) is 1.47. The molecule has 1 aromatic carbocycles. The van der Waals surface area contributed by atoms with Crippen molar-refractivity contribution in [2.45, 2.75) is 33.3 Å². The highest BCUT2D eigenvalue weighted by atomic mass is 16.6. The van der Waals surface area contributed by atoms with Gasteiger partial charge in [0.2, 0.25) is 0 Å². The summed E-state index contributed by atoms with van der Waals surface area (Å²) in [5.74, 6) is 0.189. The lowest BCUT2D eigenvalue weighted by Crippen LogP contribution is -2.28. The van der Waals surface area contributed by atoms with Gasteiger partial charge in [-0.25, -0.2) is 4.79 Å². The highest BCUT2D eigenvalue weighted by Crippen LogP contribution is 2.16. The molecular formula is C14H18O4. The lowest BCUT2D eigenvalue weighted by molar-refractivity contribution is -0.151. The molecule has 0 aliphatic carbocycles. The van der Waals surface area contributed by atoms with E-state index in [1.807, 2.05) is 6.92 Å². The van der Waals surface area contributed by atoms with Crippen LogP contribution in [0.15, 0.2) is 24.3 Å². The van der Waals surface area contributed by atoms with Gasteiger partial charge in [-0.05, 0) is 44.5 Å². The molecule has 0 fully saturated rings. The average Bonchev–Trinajstić information content (AvgIpc) is 2.36. The second kappa shape index (κ2) is 6.79. The van der Waals surface area contributed by atoms with E-state index < -0.39 is 6.10 Å². The van der Waals surface area contributed by atoms with Gasteiger partial charge in [0.1, 0.15) is 5.75 Å². The molecular weight excluding hydrogens is 232 g/mol. The lowest BCUT2D eigenvalue weighted by Gasteiger charge is -2.16. The third kappa shape index (κ3) is 3.87. The van der Waals surface area contributed by atoms with Crippen molar-refractivity contribution in [3.8, 4) is 5.75 Å². The number of hydrogen-bond donors (Lipinski definition) is 0. The standard InChI is InChI=1S/C14H18O4/c1-4-13(14(16)17-5-2)18-12-8-6-11(7-9-12)10(3)15/h6-9,13H,4-5H2,1-3H3. The fourth-order valence-corrected chi connectivity index (χ4v) is 1.47. The molecule has 1 aromatic rings. The van der Waals surface area contributed by atoms with E-state index >= 15 is 0 Å². The van der Waals surface area contributed by atoms with Gasteiger partial charge in [0.15, 0.2) is 11.9 Å². The summed E-state index contributed by atoms with van der Waals surface area (Å²) in [5, 5.41) is 0. The third-order valence-corrected chi connectivity index (χ3v) is 2.46. The maximum atomic E-state index is 11.6. The molecule has 0 saturated carbocycles. The molecule has 0 amide bonds. The second-order valence-electron chi connectivity index (χ2n) is 3.85. The topological polar surface area (TPSA) is 52.6 Å². The Morgan fingerprint density at radius 2 is 1.78 bits per heavy atom. The molecule has 98 valence electrons. The van der Waals surface area contributed by atoms with E-state index in [1.54, 1.807) is 31.2 Å². The normalized spacial score (nSPS) is 11.7. The number of ether oxygens (including phenoxy) is 2. The second-order valence-corrected chi connectivity index (χ2v) is 3.85.